The Labute approximate surface area is 89.3 Å². The number of fused-ring (bicyclic) bond motifs is 1. The highest BCUT2D eigenvalue weighted by atomic mass is 15.3. The third-order valence-corrected chi connectivity index (χ3v) is 2.03. The topological polar surface area (TPSA) is 69.6 Å². The van der Waals surface area contributed by atoms with Crippen molar-refractivity contribution in [1.82, 2.24) is 19.7 Å². The van der Waals surface area contributed by atoms with Crippen molar-refractivity contribution in [3.05, 3.63) is 12.0 Å². The normalized spacial score (nSPS) is 9.87. The first kappa shape index (κ1) is 11.4. The van der Waals surface area contributed by atoms with Crippen molar-refractivity contribution in [2.75, 3.05) is 5.73 Å². The van der Waals surface area contributed by atoms with Crippen LogP contribution in [0.5, 0.6) is 0 Å². The largest absolute Gasteiger partial charge is 0.383 e. The second-order valence-corrected chi connectivity index (χ2v) is 2.86. The van der Waals surface area contributed by atoms with E-state index < -0.39 is 0 Å². The summed E-state index contributed by atoms with van der Waals surface area (Å²) in [6.45, 7) is 8.72. The van der Waals surface area contributed by atoms with E-state index in [9.17, 15) is 0 Å². The van der Waals surface area contributed by atoms with Crippen LogP contribution in [0.25, 0.3) is 11.0 Å². The number of hydrogen-bond acceptors (Lipinski definition) is 4. The molecule has 0 bridgehead atoms. The standard InChI is InChI=1S/C8H11N5.C2H6/c1-3-13-8-6(5(2)12-13)7(9)10-4-11-8;1-2/h4H,3H2,1-2H3,(H2,9,10,11);1-2H3. The molecular formula is C10H17N5. The molecule has 0 spiro atoms. The highest BCUT2D eigenvalue weighted by Crippen LogP contribution is 2.19. The Morgan fingerprint density at radius 2 is 2.00 bits per heavy atom. The summed E-state index contributed by atoms with van der Waals surface area (Å²) in [5.74, 6) is 0.502. The molecule has 2 aromatic rings. The van der Waals surface area contributed by atoms with E-state index in [4.69, 9.17) is 5.73 Å². The third kappa shape index (κ3) is 1.91. The van der Waals surface area contributed by atoms with Gasteiger partial charge in [-0.1, -0.05) is 13.8 Å². The molecule has 0 unspecified atom stereocenters. The van der Waals surface area contributed by atoms with Gasteiger partial charge in [-0.15, -0.1) is 0 Å². The summed E-state index contributed by atoms with van der Waals surface area (Å²) in [7, 11) is 0. The van der Waals surface area contributed by atoms with E-state index in [1.54, 1.807) is 0 Å². The van der Waals surface area contributed by atoms with Gasteiger partial charge >= 0.3 is 0 Å². The maximum Gasteiger partial charge on any atom is 0.163 e. The molecule has 0 radical (unpaired) electrons. The first-order chi connectivity index (χ1) is 7.24. The van der Waals surface area contributed by atoms with E-state index >= 15 is 0 Å². The minimum Gasteiger partial charge on any atom is -0.383 e. The summed E-state index contributed by atoms with van der Waals surface area (Å²) in [5, 5.41) is 5.17. The second-order valence-electron chi connectivity index (χ2n) is 2.86. The predicted molar refractivity (Wildman–Crippen MR) is 61.5 cm³/mol. The Bertz CT molecular complexity index is 446. The fraction of sp³-hybridized carbons (Fsp3) is 0.500. The number of aryl methyl sites for hydroxylation is 2. The molecule has 15 heavy (non-hydrogen) atoms. The Morgan fingerprint density at radius 1 is 1.33 bits per heavy atom. The van der Waals surface area contributed by atoms with Gasteiger partial charge in [-0.25, -0.2) is 14.6 Å². The molecule has 0 saturated carbocycles. The monoisotopic (exact) mass is 207 g/mol. The van der Waals surface area contributed by atoms with Crippen molar-refractivity contribution >= 4 is 16.9 Å². The van der Waals surface area contributed by atoms with Crippen molar-refractivity contribution in [2.45, 2.75) is 34.2 Å². The average molecular weight is 207 g/mol. The lowest BCUT2D eigenvalue weighted by molar-refractivity contribution is 0.669. The third-order valence-electron chi connectivity index (χ3n) is 2.03. The summed E-state index contributed by atoms with van der Waals surface area (Å²) in [5.41, 5.74) is 7.42. The van der Waals surface area contributed by atoms with Gasteiger partial charge in [0.05, 0.1) is 11.1 Å². The lowest BCUT2D eigenvalue weighted by Crippen LogP contribution is -1.98. The van der Waals surface area contributed by atoms with Gasteiger partial charge in [0.1, 0.15) is 12.1 Å². The molecule has 82 valence electrons. The van der Waals surface area contributed by atoms with Gasteiger partial charge in [0.15, 0.2) is 5.65 Å². The minimum atomic E-state index is 0.502. The minimum absolute atomic E-state index is 0.502. The van der Waals surface area contributed by atoms with Gasteiger partial charge in [-0.3, -0.25) is 0 Å². The van der Waals surface area contributed by atoms with Gasteiger partial charge in [-0.2, -0.15) is 5.10 Å². The van der Waals surface area contributed by atoms with Crippen LogP contribution in [0.1, 0.15) is 26.5 Å². The molecule has 2 heterocycles. The number of nitrogens with zero attached hydrogens (tertiary/aromatic N) is 4. The van der Waals surface area contributed by atoms with Gasteiger partial charge < -0.3 is 5.73 Å². The average Bonchev–Trinajstić information content (AvgIpc) is 2.60. The van der Waals surface area contributed by atoms with Gasteiger partial charge in [0.25, 0.3) is 0 Å². The van der Waals surface area contributed by atoms with Crippen LogP contribution in [0.2, 0.25) is 0 Å². The van der Waals surface area contributed by atoms with Crippen LogP contribution in [0.15, 0.2) is 6.33 Å². The molecule has 0 atom stereocenters. The number of rotatable bonds is 1. The van der Waals surface area contributed by atoms with Crippen LogP contribution in [0, 0.1) is 6.92 Å². The summed E-state index contributed by atoms with van der Waals surface area (Å²) >= 11 is 0. The predicted octanol–water partition coefficient (Wildman–Crippen LogP) is 1.76. The van der Waals surface area contributed by atoms with Crippen molar-refractivity contribution in [3.8, 4) is 0 Å². The molecule has 0 amide bonds. The molecule has 0 aromatic carbocycles. The number of aromatic nitrogens is 4. The molecule has 0 saturated heterocycles. The molecule has 0 aliphatic heterocycles. The molecular weight excluding hydrogens is 190 g/mol. The van der Waals surface area contributed by atoms with Crippen molar-refractivity contribution in [2.24, 2.45) is 0 Å². The van der Waals surface area contributed by atoms with Crippen LogP contribution in [0.4, 0.5) is 5.82 Å². The molecule has 5 heteroatoms. The van der Waals surface area contributed by atoms with E-state index in [1.165, 1.54) is 6.33 Å². The fourth-order valence-corrected chi connectivity index (χ4v) is 1.43. The first-order valence-corrected chi connectivity index (χ1v) is 5.17. The molecule has 0 fully saturated rings. The van der Waals surface area contributed by atoms with E-state index in [-0.39, 0.29) is 0 Å². The SMILES string of the molecule is CC.CCn1nc(C)c2c(N)ncnc21. The summed E-state index contributed by atoms with van der Waals surface area (Å²) in [6.07, 6.45) is 1.46. The Kier molecular flexibility index (Phi) is 3.60. The lowest BCUT2D eigenvalue weighted by atomic mass is 10.3. The first-order valence-electron chi connectivity index (χ1n) is 5.17. The smallest absolute Gasteiger partial charge is 0.163 e. The maximum absolute atomic E-state index is 5.72. The van der Waals surface area contributed by atoms with E-state index in [0.717, 1.165) is 23.3 Å². The van der Waals surface area contributed by atoms with E-state index in [0.29, 0.717) is 5.82 Å². The van der Waals surface area contributed by atoms with Gasteiger partial charge in [0.2, 0.25) is 0 Å². The van der Waals surface area contributed by atoms with Crippen LogP contribution in [0.3, 0.4) is 0 Å². The number of nitrogens with two attached hydrogens (primary N) is 1. The summed E-state index contributed by atoms with van der Waals surface area (Å²) < 4.78 is 1.82. The molecule has 0 aliphatic carbocycles. The fourth-order valence-electron chi connectivity index (χ4n) is 1.43. The molecule has 2 N–H and O–H groups in total. The summed E-state index contributed by atoms with van der Waals surface area (Å²) in [6, 6.07) is 0. The van der Waals surface area contributed by atoms with Crippen LogP contribution >= 0.6 is 0 Å². The number of nitrogen functional groups attached to an aromatic ring is 1. The Morgan fingerprint density at radius 3 is 2.60 bits per heavy atom. The zero-order chi connectivity index (χ0) is 11.4. The Hall–Kier alpha value is -1.65. The van der Waals surface area contributed by atoms with E-state index in [1.807, 2.05) is 32.4 Å². The molecule has 2 aromatic heterocycles. The second kappa shape index (κ2) is 4.72. The highest BCUT2D eigenvalue weighted by Gasteiger charge is 2.10. The summed E-state index contributed by atoms with van der Waals surface area (Å²) in [4.78, 5) is 8.07. The van der Waals surface area contributed by atoms with Crippen LogP contribution < -0.4 is 5.73 Å². The van der Waals surface area contributed by atoms with Crippen molar-refractivity contribution in [3.63, 3.8) is 0 Å². The van der Waals surface area contributed by atoms with E-state index in [2.05, 4.69) is 15.1 Å². The lowest BCUT2D eigenvalue weighted by Gasteiger charge is -1.96. The van der Waals surface area contributed by atoms with Crippen LogP contribution in [-0.4, -0.2) is 19.7 Å². The van der Waals surface area contributed by atoms with Gasteiger partial charge in [-0.05, 0) is 13.8 Å². The molecule has 5 nitrogen and oxygen atoms in total. The zero-order valence-corrected chi connectivity index (χ0v) is 9.65. The quantitative estimate of drug-likeness (QED) is 0.773. The molecule has 2 rings (SSSR count). The zero-order valence-electron chi connectivity index (χ0n) is 9.65. The number of hydrogen-bond donors (Lipinski definition) is 1. The van der Waals surface area contributed by atoms with Crippen LogP contribution in [-0.2, 0) is 6.54 Å². The molecule has 0 aliphatic rings. The highest BCUT2D eigenvalue weighted by molar-refractivity contribution is 5.87. The van der Waals surface area contributed by atoms with Crippen molar-refractivity contribution < 1.29 is 0 Å². The number of anilines is 1. The maximum atomic E-state index is 5.72. The Balaban J connectivity index is 0.000000531. The van der Waals surface area contributed by atoms with Gasteiger partial charge in [0, 0.05) is 6.54 Å². The van der Waals surface area contributed by atoms with Crippen molar-refractivity contribution in [1.29, 1.82) is 0 Å².